The van der Waals surface area contributed by atoms with Crippen molar-refractivity contribution in [2.45, 2.75) is 45.6 Å². The van der Waals surface area contributed by atoms with Gasteiger partial charge in [-0.1, -0.05) is 31.9 Å². The second-order valence-electron chi connectivity index (χ2n) is 2.80. The fourth-order valence-electron chi connectivity index (χ4n) is 1.04. The van der Waals surface area contributed by atoms with E-state index >= 15 is 0 Å². The Morgan fingerprint density at radius 2 is 2.25 bits per heavy atom. The van der Waals surface area contributed by atoms with Gasteiger partial charge in [0, 0.05) is 6.42 Å². The summed E-state index contributed by atoms with van der Waals surface area (Å²) in [4.78, 5) is 10.1. The number of rotatable bonds is 7. The number of carbonyl (C=O) groups excluding carboxylic acids is 1. The smallest absolute Gasteiger partial charge is 0.293 e. The molecule has 0 bridgehead atoms. The van der Waals surface area contributed by atoms with Crippen LogP contribution in [0.3, 0.4) is 0 Å². The standard InChI is InChI=1S/C10H18O2/c1-3-5-7-10(12-9-11)8-6-4-2/h3,5,9-10H,4,6-8H2,1-2H3. The highest BCUT2D eigenvalue weighted by Crippen LogP contribution is 2.08. The van der Waals surface area contributed by atoms with Crippen LogP contribution < -0.4 is 0 Å². The van der Waals surface area contributed by atoms with Crippen molar-refractivity contribution in [3.8, 4) is 0 Å². The molecule has 0 spiro atoms. The van der Waals surface area contributed by atoms with Crippen LogP contribution in [0.25, 0.3) is 0 Å². The van der Waals surface area contributed by atoms with Crippen molar-refractivity contribution < 1.29 is 9.53 Å². The molecular weight excluding hydrogens is 152 g/mol. The molecule has 0 heterocycles. The molecule has 0 fully saturated rings. The number of hydrogen-bond acceptors (Lipinski definition) is 2. The molecule has 2 nitrogen and oxygen atoms in total. The summed E-state index contributed by atoms with van der Waals surface area (Å²) < 4.78 is 4.91. The molecule has 0 aromatic heterocycles. The van der Waals surface area contributed by atoms with Gasteiger partial charge in [-0.15, -0.1) is 0 Å². The summed E-state index contributed by atoms with van der Waals surface area (Å²) in [6.45, 7) is 4.65. The van der Waals surface area contributed by atoms with Gasteiger partial charge in [0.1, 0.15) is 6.10 Å². The molecule has 0 aliphatic heterocycles. The SMILES string of the molecule is CC=CCC(CCCC)OC=O. The first kappa shape index (κ1) is 11.2. The maximum Gasteiger partial charge on any atom is 0.293 e. The van der Waals surface area contributed by atoms with E-state index in [2.05, 4.69) is 6.92 Å². The van der Waals surface area contributed by atoms with E-state index in [1.807, 2.05) is 19.1 Å². The molecule has 0 N–H and O–H groups in total. The molecular formula is C10H18O2. The number of allylic oxidation sites excluding steroid dienone is 1. The largest absolute Gasteiger partial charge is 0.464 e. The van der Waals surface area contributed by atoms with Crippen LogP contribution in [0.5, 0.6) is 0 Å². The minimum atomic E-state index is 0.0821. The summed E-state index contributed by atoms with van der Waals surface area (Å²) in [5.74, 6) is 0. The number of ether oxygens (including phenoxy) is 1. The Bertz CT molecular complexity index is 130. The van der Waals surface area contributed by atoms with Crippen LogP contribution in [0.2, 0.25) is 0 Å². The van der Waals surface area contributed by atoms with Crippen LogP contribution in [0.15, 0.2) is 12.2 Å². The van der Waals surface area contributed by atoms with Crippen molar-refractivity contribution in [1.29, 1.82) is 0 Å². The van der Waals surface area contributed by atoms with Gasteiger partial charge in [-0.3, -0.25) is 4.79 Å². The number of hydrogen-bond donors (Lipinski definition) is 0. The van der Waals surface area contributed by atoms with Gasteiger partial charge >= 0.3 is 0 Å². The lowest BCUT2D eigenvalue weighted by Crippen LogP contribution is -2.10. The Hall–Kier alpha value is -0.790. The molecule has 0 aliphatic rings. The molecule has 0 amide bonds. The first-order valence-electron chi connectivity index (χ1n) is 4.55. The van der Waals surface area contributed by atoms with Gasteiger partial charge in [-0.2, -0.15) is 0 Å². The molecule has 70 valence electrons. The number of unbranched alkanes of at least 4 members (excludes halogenated alkanes) is 1. The Balaban J connectivity index is 3.60. The minimum Gasteiger partial charge on any atom is -0.464 e. The van der Waals surface area contributed by atoms with Crippen LogP contribution in [-0.2, 0) is 9.53 Å². The third kappa shape index (κ3) is 5.96. The molecule has 2 heteroatoms. The quantitative estimate of drug-likeness (QED) is 0.433. The van der Waals surface area contributed by atoms with Crippen LogP contribution in [0, 0.1) is 0 Å². The summed E-state index contributed by atoms with van der Waals surface area (Å²) in [5, 5.41) is 0. The van der Waals surface area contributed by atoms with Gasteiger partial charge in [-0.25, -0.2) is 0 Å². The lowest BCUT2D eigenvalue weighted by atomic mass is 10.1. The minimum absolute atomic E-state index is 0.0821. The lowest BCUT2D eigenvalue weighted by molar-refractivity contribution is -0.133. The van der Waals surface area contributed by atoms with Crippen molar-refractivity contribution in [3.05, 3.63) is 12.2 Å². The zero-order valence-corrected chi connectivity index (χ0v) is 7.95. The molecule has 0 aliphatic carbocycles. The third-order valence-corrected chi connectivity index (χ3v) is 1.76. The normalized spacial score (nSPS) is 13.2. The molecule has 0 aromatic rings. The highest BCUT2D eigenvalue weighted by atomic mass is 16.5. The molecule has 12 heavy (non-hydrogen) atoms. The lowest BCUT2D eigenvalue weighted by Gasteiger charge is -2.11. The monoisotopic (exact) mass is 170 g/mol. The van der Waals surface area contributed by atoms with Crippen molar-refractivity contribution in [3.63, 3.8) is 0 Å². The van der Waals surface area contributed by atoms with Crippen LogP contribution in [0.1, 0.15) is 39.5 Å². The number of carbonyl (C=O) groups is 1. The third-order valence-electron chi connectivity index (χ3n) is 1.76. The van der Waals surface area contributed by atoms with Gasteiger partial charge < -0.3 is 4.74 Å². The molecule has 1 unspecified atom stereocenters. The van der Waals surface area contributed by atoms with Gasteiger partial charge in [0.15, 0.2) is 0 Å². The summed E-state index contributed by atoms with van der Waals surface area (Å²) in [7, 11) is 0. The van der Waals surface area contributed by atoms with E-state index in [1.165, 1.54) is 0 Å². The second kappa shape index (κ2) is 8.31. The van der Waals surface area contributed by atoms with Crippen LogP contribution in [-0.4, -0.2) is 12.6 Å². The van der Waals surface area contributed by atoms with Gasteiger partial charge in [0.05, 0.1) is 0 Å². The fraction of sp³-hybridized carbons (Fsp3) is 0.700. The molecule has 0 saturated carbocycles. The Morgan fingerprint density at radius 1 is 1.50 bits per heavy atom. The van der Waals surface area contributed by atoms with E-state index in [1.54, 1.807) is 0 Å². The highest BCUT2D eigenvalue weighted by molar-refractivity contribution is 5.37. The molecule has 1 atom stereocenters. The zero-order valence-electron chi connectivity index (χ0n) is 7.95. The van der Waals surface area contributed by atoms with Gasteiger partial charge in [0.2, 0.25) is 0 Å². The van der Waals surface area contributed by atoms with E-state index < -0.39 is 0 Å². The second-order valence-corrected chi connectivity index (χ2v) is 2.80. The van der Waals surface area contributed by atoms with Crippen LogP contribution in [0.4, 0.5) is 0 Å². The average Bonchev–Trinajstić information content (AvgIpc) is 2.10. The van der Waals surface area contributed by atoms with E-state index in [-0.39, 0.29) is 6.10 Å². The van der Waals surface area contributed by atoms with Gasteiger partial charge in [0.25, 0.3) is 6.47 Å². The summed E-state index contributed by atoms with van der Waals surface area (Å²) in [6, 6.07) is 0. The average molecular weight is 170 g/mol. The molecule has 0 aromatic carbocycles. The first-order chi connectivity index (χ1) is 5.85. The molecule has 0 saturated heterocycles. The predicted molar refractivity (Wildman–Crippen MR) is 49.9 cm³/mol. The zero-order chi connectivity index (χ0) is 9.23. The summed E-state index contributed by atoms with van der Waals surface area (Å²) in [5.41, 5.74) is 0. The summed E-state index contributed by atoms with van der Waals surface area (Å²) in [6.07, 6.45) is 8.18. The van der Waals surface area contributed by atoms with Crippen molar-refractivity contribution in [2.24, 2.45) is 0 Å². The maximum atomic E-state index is 10.1. The predicted octanol–water partition coefficient (Wildman–Crippen LogP) is 2.68. The topological polar surface area (TPSA) is 26.3 Å². The van der Waals surface area contributed by atoms with E-state index in [0.29, 0.717) is 6.47 Å². The Labute approximate surface area is 74.6 Å². The first-order valence-corrected chi connectivity index (χ1v) is 4.55. The Kier molecular flexibility index (Phi) is 7.76. The maximum absolute atomic E-state index is 10.1. The molecule has 0 rings (SSSR count). The van der Waals surface area contributed by atoms with E-state index in [4.69, 9.17) is 4.74 Å². The summed E-state index contributed by atoms with van der Waals surface area (Å²) >= 11 is 0. The van der Waals surface area contributed by atoms with Crippen LogP contribution >= 0.6 is 0 Å². The van der Waals surface area contributed by atoms with E-state index in [0.717, 1.165) is 25.7 Å². The van der Waals surface area contributed by atoms with Crippen molar-refractivity contribution in [2.75, 3.05) is 0 Å². The van der Waals surface area contributed by atoms with Crippen molar-refractivity contribution in [1.82, 2.24) is 0 Å². The fourth-order valence-corrected chi connectivity index (χ4v) is 1.04. The highest BCUT2D eigenvalue weighted by Gasteiger charge is 2.05. The van der Waals surface area contributed by atoms with Gasteiger partial charge in [-0.05, 0) is 13.3 Å². The van der Waals surface area contributed by atoms with E-state index in [9.17, 15) is 4.79 Å². The van der Waals surface area contributed by atoms with Crippen molar-refractivity contribution >= 4 is 6.47 Å². The molecule has 0 radical (unpaired) electrons. The Morgan fingerprint density at radius 3 is 2.75 bits per heavy atom.